The summed E-state index contributed by atoms with van der Waals surface area (Å²) >= 11 is 0. The van der Waals surface area contributed by atoms with Crippen molar-refractivity contribution in [3.05, 3.63) is 96.6 Å². The molecule has 3 heterocycles. The van der Waals surface area contributed by atoms with Crippen LogP contribution in [0.25, 0.3) is 0 Å². The number of hydrogen-bond acceptors (Lipinski definition) is 4. The summed E-state index contributed by atoms with van der Waals surface area (Å²) in [5.41, 5.74) is 2.55. The van der Waals surface area contributed by atoms with Crippen molar-refractivity contribution in [2.75, 3.05) is 36.8 Å². The zero-order valence-corrected chi connectivity index (χ0v) is 21.8. The molecule has 6 nitrogen and oxygen atoms in total. The Morgan fingerprint density at radius 2 is 1.39 bits per heavy atom. The number of carbonyl (C=O) groups excluding carboxylic acids is 2. The number of nitrogens with one attached hydrogen (secondary N) is 2. The van der Waals surface area contributed by atoms with Gasteiger partial charge in [0, 0.05) is 30.1 Å². The van der Waals surface area contributed by atoms with E-state index in [2.05, 4.69) is 10.6 Å². The van der Waals surface area contributed by atoms with E-state index in [0.29, 0.717) is 23.5 Å². The number of ether oxygens (including phenoxy) is 1. The molecule has 36 heavy (non-hydrogen) atoms. The van der Waals surface area contributed by atoms with Crippen LogP contribution in [0.5, 0.6) is 0 Å². The lowest BCUT2D eigenvalue weighted by molar-refractivity contribution is -0.938. The van der Waals surface area contributed by atoms with E-state index < -0.39 is 6.04 Å². The fourth-order valence-corrected chi connectivity index (χ4v) is 5.45. The molecule has 2 N–H and O–H groups in total. The maximum atomic E-state index is 13.5. The first-order valence-corrected chi connectivity index (χ1v) is 12.4. The summed E-state index contributed by atoms with van der Waals surface area (Å²) in [6, 6.07) is 28.4. The average Bonchev–Trinajstić information content (AvgIpc) is 2.89. The molecule has 3 aliphatic heterocycles. The normalized spacial score (nSPS) is 23.1. The molecule has 7 heteroatoms. The number of para-hydroxylation sites is 2. The highest BCUT2D eigenvalue weighted by atomic mass is 79.9. The first-order valence-electron chi connectivity index (χ1n) is 12.4. The Bertz CT molecular complexity index is 1140. The summed E-state index contributed by atoms with van der Waals surface area (Å²) in [4.78, 5) is 26.3. The Hall–Kier alpha value is -3.16. The largest absolute Gasteiger partial charge is 1.00 e. The number of anilines is 2. The lowest BCUT2D eigenvalue weighted by Gasteiger charge is -2.51. The Morgan fingerprint density at radius 1 is 0.833 bits per heavy atom. The van der Waals surface area contributed by atoms with E-state index in [1.165, 1.54) is 0 Å². The second-order valence-electron chi connectivity index (χ2n) is 9.71. The average molecular weight is 550 g/mol. The van der Waals surface area contributed by atoms with Crippen LogP contribution in [-0.4, -0.2) is 48.6 Å². The van der Waals surface area contributed by atoms with Gasteiger partial charge in [0.25, 0.3) is 5.91 Å². The minimum atomic E-state index is -0.594. The smallest absolute Gasteiger partial charge is 0.333 e. The third-order valence-electron chi connectivity index (χ3n) is 7.30. The SMILES string of the molecule is O=C(C[N+]12CCC(CC1)[C@@H](OC(=O)[C@H](Nc1ccccc1)c1ccccc1)C2)Nc1ccccc1.[Br-]. The van der Waals surface area contributed by atoms with Crippen molar-refractivity contribution >= 4 is 23.3 Å². The molecular formula is C29H32BrN3O3. The number of fused-ring (bicyclic) bond motifs is 3. The minimum Gasteiger partial charge on any atom is -1.00 e. The van der Waals surface area contributed by atoms with Crippen molar-refractivity contribution < 1.29 is 35.8 Å². The van der Waals surface area contributed by atoms with Crippen LogP contribution in [0.4, 0.5) is 11.4 Å². The zero-order chi connectivity index (χ0) is 24.1. The first-order chi connectivity index (χ1) is 17.1. The number of nitrogens with zero attached hydrogens (tertiary/aromatic N) is 1. The van der Waals surface area contributed by atoms with Crippen LogP contribution in [0.2, 0.25) is 0 Å². The van der Waals surface area contributed by atoms with Gasteiger partial charge in [-0.3, -0.25) is 4.79 Å². The molecule has 0 aliphatic carbocycles. The fraction of sp³-hybridized carbons (Fsp3) is 0.310. The molecule has 3 aliphatic rings. The minimum absolute atomic E-state index is 0. The summed E-state index contributed by atoms with van der Waals surface area (Å²) in [6.07, 6.45) is 1.76. The van der Waals surface area contributed by atoms with Gasteiger partial charge in [0.15, 0.2) is 18.7 Å². The van der Waals surface area contributed by atoms with Gasteiger partial charge in [-0.15, -0.1) is 0 Å². The number of halogens is 1. The predicted molar refractivity (Wildman–Crippen MR) is 137 cm³/mol. The van der Waals surface area contributed by atoms with E-state index in [0.717, 1.165) is 42.9 Å². The van der Waals surface area contributed by atoms with E-state index in [4.69, 9.17) is 4.74 Å². The number of carbonyl (C=O) groups is 2. The number of piperidine rings is 3. The third-order valence-corrected chi connectivity index (χ3v) is 7.30. The third kappa shape index (κ3) is 6.15. The molecule has 0 spiro atoms. The molecule has 0 radical (unpaired) electrons. The summed E-state index contributed by atoms with van der Waals surface area (Å²) in [5.74, 6) is 0.0875. The molecule has 0 saturated carbocycles. The molecule has 1 amide bonds. The van der Waals surface area contributed by atoms with Gasteiger partial charge >= 0.3 is 5.97 Å². The van der Waals surface area contributed by atoms with Gasteiger partial charge in [-0.1, -0.05) is 66.7 Å². The molecule has 0 unspecified atom stereocenters. The second kappa shape index (κ2) is 11.7. The topological polar surface area (TPSA) is 67.4 Å². The number of quaternary nitrogens is 1. The molecule has 3 fully saturated rings. The van der Waals surface area contributed by atoms with Gasteiger partial charge in [-0.2, -0.15) is 0 Å². The standard InChI is InChI=1S/C29H31N3O3.BrH/c33-27(30-24-12-6-2-7-13-24)21-32-18-16-22(17-19-32)26(20-32)35-29(34)28(23-10-4-1-5-11-23)31-25-14-8-3-9-15-25;/h1-15,22,26,28,31H,16-21H2;1H/t22?,26-,28+,32?;/m0./s1. The number of amides is 1. The summed E-state index contributed by atoms with van der Waals surface area (Å²) in [5, 5.41) is 6.37. The van der Waals surface area contributed by atoms with E-state index in [1.54, 1.807) is 0 Å². The van der Waals surface area contributed by atoms with Crippen LogP contribution in [-0.2, 0) is 14.3 Å². The summed E-state index contributed by atoms with van der Waals surface area (Å²) < 4.78 is 6.87. The van der Waals surface area contributed by atoms with Gasteiger partial charge in [0.05, 0.1) is 13.1 Å². The number of hydrogen-bond donors (Lipinski definition) is 2. The van der Waals surface area contributed by atoms with E-state index in [9.17, 15) is 9.59 Å². The molecule has 3 aromatic rings. The van der Waals surface area contributed by atoms with Crippen molar-refractivity contribution in [3.8, 4) is 0 Å². The van der Waals surface area contributed by atoms with Gasteiger partial charge in [-0.05, 0) is 29.8 Å². The van der Waals surface area contributed by atoms with E-state index in [1.807, 2.05) is 91.0 Å². The van der Waals surface area contributed by atoms with Gasteiger partial charge in [0.2, 0.25) is 0 Å². The van der Waals surface area contributed by atoms with Crippen LogP contribution in [0.3, 0.4) is 0 Å². The Labute approximate surface area is 223 Å². The van der Waals surface area contributed by atoms with Crippen molar-refractivity contribution in [1.82, 2.24) is 0 Å². The molecule has 6 rings (SSSR count). The first kappa shape index (κ1) is 25.9. The Kier molecular flexibility index (Phi) is 8.44. The van der Waals surface area contributed by atoms with Gasteiger partial charge < -0.3 is 36.8 Å². The molecule has 0 aromatic heterocycles. The molecule has 188 valence electrons. The molecule has 3 saturated heterocycles. The van der Waals surface area contributed by atoms with Crippen molar-refractivity contribution in [3.63, 3.8) is 0 Å². The highest BCUT2D eigenvalue weighted by Crippen LogP contribution is 2.36. The summed E-state index contributed by atoms with van der Waals surface area (Å²) in [7, 11) is 0. The van der Waals surface area contributed by atoms with Crippen LogP contribution >= 0.6 is 0 Å². The van der Waals surface area contributed by atoms with E-state index >= 15 is 0 Å². The maximum Gasteiger partial charge on any atom is 0.333 e. The predicted octanol–water partition coefficient (Wildman–Crippen LogP) is 1.63. The number of esters is 1. The highest BCUT2D eigenvalue weighted by molar-refractivity contribution is 5.91. The fourth-order valence-electron chi connectivity index (χ4n) is 5.45. The Morgan fingerprint density at radius 3 is 2.00 bits per heavy atom. The molecule has 3 aromatic carbocycles. The lowest BCUT2D eigenvalue weighted by Crippen LogP contribution is -3.00. The number of benzene rings is 3. The van der Waals surface area contributed by atoms with E-state index in [-0.39, 0.29) is 35.0 Å². The molecular weight excluding hydrogens is 518 g/mol. The quantitative estimate of drug-likeness (QED) is 0.331. The zero-order valence-electron chi connectivity index (χ0n) is 20.2. The summed E-state index contributed by atoms with van der Waals surface area (Å²) in [6.45, 7) is 2.99. The van der Waals surface area contributed by atoms with Crippen molar-refractivity contribution in [2.24, 2.45) is 5.92 Å². The van der Waals surface area contributed by atoms with Crippen molar-refractivity contribution in [1.29, 1.82) is 0 Å². The van der Waals surface area contributed by atoms with Gasteiger partial charge in [-0.25, -0.2) is 4.79 Å². The van der Waals surface area contributed by atoms with Crippen LogP contribution in [0, 0.1) is 5.92 Å². The lowest BCUT2D eigenvalue weighted by atomic mass is 9.83. The Balaban J connectivity index is 0.00000304. The monoisotopic (exact) mass is 549 g/mol. The second-order valence-corrected chi connectivity index (χ2v) is 9.71. The highest BCUT2D eigenvalue weighted by Gasteiger charge is 2.49. The van der Waals surface area contributed by atoms with Crippen LogP contribution in [0.15, 0.2) is 91.0 Å². The number of rotatable bonds is 8. The molecule has 2 atom stereocenters. The molecule has 2 bridgehead atoms. The maximum absolute atomic E-state index is 13.5. The van der Waals surface area contributed by atoms with Crippen LogP contribution in [0.1, 0.15) is 24.4 Å². The van der Waals surface area contributed by atoms with Crippen LogP contribution < -0.4 is 27.6 Å². The van der Waals surface area contributed by atoms with Gasteiger partial charge in [0.1, 0.15) is 6.54 Å². The van der Waals surface area contributed by atoms with Crippen molar-refractivity contribution in [2.45, 2.75) is 25.0 Å².